The average molecular weight is 158 g/mol. The van der Waals surface area contributed by atoms with Crippen LogP contribution in [0.4, 0.5) is 0 Å². The van der Waals surface area contributed by atoms with Crippen LogP contribution in [0.2, 0.25) is 0 Å². The van der Waals surface area contributed by atoms with Crippen LogP contribution in [0, 0.1) is 0 Å². The molecule has 0 saturated carbocycles. The van der Waals surface area contributed by atoms with E-state index in [-0.39, 0.29) is 8.41 Å². The van der Waals surface area contributed by atoms with Crippen molar-refractivity contribution in [3.8, 4) is 0 Å². The fraction of sp³-hybridized carbons (Fsp3) is 0.400. The maximum absolute atomic E-state index is 2.45. The standard InChI is InChI=1S/C10H13N.B/c1-2-11-8-10(11)9-6-4-3-5-7-9;/h3-7,10H,2,8H2,1H3;. The lowest BCUT2D eigenvalue weighted by molar-refractivity contribution is 0.544. The number of nitrogens with zero attached hydrogens (tertiary/aromatic N) is 1. The van der Waals surface area contributed by atoms with E-state index in [1.807, 2.05) is 0 Å². The lowest BCUT2D eigenvalue weighted by Gasteiger charge is -1.98. The molecule has 2 unspecified atom stereocenters. The summed E-state index contributed by atoms with van der Waals surface area (Å²) >= 11 is 0. The Morgan fingerprint density at radius 3 is 2.50 bits per heavy atom. The first-order valence-corrected chi connectivity index (χ1v) is 4.21. The third-order valence-corrected chi connectivity index (χ3v) is 2.31. The van der Waals surface area contributed by atoms with E-state index in [9.17, 15) is 0 Å². The Bertz CT molecular complexity index is 235. The van der Waals surface area contributed by atoms with E-state index in [0.717, 1.165) is 6.04 Å². The summed E-state index contributed by atoms with van der Waals surface area (Å²) in [5.41, 5.74) is 1.47. The fourth-order valence-electron chi connectivity index (χ4n) is 1.52. The van der Waals surface area contributed by atoms with E-state index in [1.54, 1.807) is 0 Å². The van der Waals surface area contributed by atoms with Crippen LogP contribution in [0.3, 0.4) is 0 Å². The highest BCUT2D eigenvalue weighted by molar-refractivity contribution is 5.75. The largest absolute Gasteiger partial charge is 0.293 e. The van der Waals surface area contributed by atoms with Crippen LogP contribution in [0.1, 0.15) is 18.5 Å². The van der Waals surface area contributed by atoms with Crippen molar-refractivity contribution in [2.45, 2.75) is 13.0 Å². The Labute approximate surface area is 76.0 Å². The van der Waals surface area contributed by atoms with Crippen LogP contribution < -0.4 is 0 Å². The summed E-state index contributed by atoms with van der Waals surface area (Å²) in [5.74, 6) is 0. The molecule has 0 N–H and O–H groups in total. The first kappa shape index (κ1) is 9.33. The topological polar surface area (TPSA) is 3.01 Å². The predicted octanol–water partition coefficient (Wildman–Crippen LogP) is 1.68. The molecule has 2 rings (SSSR count). The van der Waals surface area contributed by atoms with E-state index in [0.29, 0.717) is 0 Å². The Balaban J connectivity index is 0.000000720. The Hall–Kier alpha value is -0.755. The molecule has 2 atom stereocenters. The molecule has 0 aromatic heterocycles. The third-order valence-electron chi connectivity index (χ3n) is 2.31. The summed E-state index contributed by atoms with van der Waals surface area (Å²) in [6, 6.07) is 11.4. The molecule has 12 heavy (non-hydrogen) atoms. The zero-order valence-corrected chi connectivity index (χ0v) is 7.40. The normalized spacial score (nSPS) is 26.1. The molecule has 1 aliphatic rings. The van der Waals surface area contributed by atoms with E-state index >= 15 is 0 Å². The van der Waals surface area contributed by atoms with Gasteiger partial charge in [0.15, 0.2) is 0 Å². The number of rotatable bonds is 2. The molecule has 1 aliphatic heterocycles. The lowest BCUT2D eigenvalue weighted by atomic mass is 10.2. The van der Waals surface area contributed by atoms with Gasteiger partial charge in [-0.15, -0.1) is 0 Å². The quantitative estimate of drug-likeness (QED) is 0.467. The molecule has 1 heterocycles. The van der Waals surface area contributed by atoms with Gasteiger partial charge >= 0.3 is 0 Å². The van der Waals surface area contributed by atoms with E-state index in [2.05, 4.69) is 42.2 Å². The maximum atomic E-state index is 2.45. The van der Waals surface area contributed by atoms with Gasteiger partial charge in [0.05, 0.1) is 0 Å². The van der Waals surface area contributed by atoms with Crippen molar-refractivity contribution < 1.29 is 0 Å². The molecule has 1 aromatic rings. The zero-order chi connectivity index (χ0) is 7.68. The second-order valence-electron chi connectivity index (χ2n) is 3.01. The van der Waals surface area contributed by atoms with Crippen LogP contribution in [-0.4, -0.2) is 26.4 Å². The van der Waals surface area contributed by atoms with Gasteiger partial charge in [-0.2, -0.15) is 0 Å². The summed E-state index contributed by atoms with van der Waals surface area (Å²) in [7, 11) is 0. The molecule has 61 valence electrons. The smallest absolute Gasteiger partial charge is 0.0476 e. The fourth-order valence-corrected chi connectivity index (χ4v) is 1.52. The minimum atomic E-state index is 0. The zero-order valence-electron chi connectivity index (χ0n) is 7.40. The van der Waals surface area contributed by atoms with Crippen LogP contribution in [0.5, 0.6) is 0 Å². The third kappa shape index (κ3) is 1.70. The monoisotopic (exact) mass is 158 g/mol. The van der Waals surface area contributed by atoms with Crippen LogP contribution in [0.25, 0.3) is 0 Å². The van der Waals surface area contributed by atoms with Gasteiger partial charge in [-0.25, -0.2) is 0 Å². The molecule has 1 aromatic carbocycles. The van der Waals surface area contributed by atoms with Gasteiger partial charge in [-0.05, 0) is 12.1 Å². The summed E-state index contributed by atoms with van der Waals surface area (Å²) < 4.78 is 0. The molecule has 2 heteroatoms. The molecular weight excluding hydrogens is 145 g/mol. The van der Waals surface area contributed by atoms with E-state index in [1.165, 1.54) is 18.7 Å². The molecule has 3 radical (unpaired) electrons. The summed E-state index contributed by atoms with van der Waals surface area (Å²) in [5, 5.41) is 0. The molecule has 0 bridgehead atoms. The van der Waals surface area contributed by atoms with E-state index in [4.69, 9.17) is 0 Å². The van der Waals surface area contributed by atoms with Gasteiger partial charge in [-0.1, -0.05) is 37.3 Å². The molecule has 0 spiro atoms. The van der Waals surface area contributed by atoms with Gasteiger partial charge in [0, 0.05) is 21.0 Å². The molecule has 1 fully saturated rings. The average Bonchev–Trinajstić information content (AvgIpc) is 2.85. The Morgan fingerprint density at radius 1 is 1.33 bits per heavy atom. The van der Waals surface area contributed by atoms with Crippen LogP contribution in [-0.2, 0) is 0 Å². The first-order chi connectivity index (χ1) is 5.42. The molecule has 0 amide bonds. The van der Waals surface area contributed by atoms with Gasteiger partial charge in [0.2, 0.25) is 0 Å². The van der Waals surface area contributed by atoms with Gasteiger partial charge in [0.1, 0.15) is 0 Å². The van der Waals surface area contributed by atoms with Gasteiger partial charge < -0.3 is 0 Å². The minimum Gasteiger partial charge on any atom is -0.293 e. The summed E-state index contributed by atoms with van der Waals surface area (Å²) in [6.07, 6.45) is 0. The highest BCUT2D eigenvalue weighted by Crippen LogP contribution is 2.33. The second-order valence-corrected chi connectivity index (χ2v) is 3.01. The molecule has 1 saturated heterocycles. The highest BCUT2D eigenvalue weighted by atomic mass is 15.3. The van der Waals surface area contributed by atoms with Gasteiger partial charge in [0.25, 0.3) is 0 Å². The van der Waals surface area contributed by atoms with Crippen molar-refractivity contribution in [1.82, 2.24) is 4.90 Å². The van der Waals surface area contributed by atoms with Gasteiger partial charge in [-0.3, -0.25) is 4.90 Å². The minimum absolute atomic E-state index is 0. The molecular formula is C10H13BN. The highest BCUT2D eigenvalue weighted by Gasteiger charge is 2.32. The predicted molar refractivity (Wildman–Crippen MR) is 52.2 cm³/mol. The first-order valence-electron chi connectivity index (χ1n) is 4.21. The summed E-state index contributed by atoms with van der Waals surface area (Å²) in [6.45, 7) is 4.64. The second kappa shape index (κ2) is 3.77. The summed E-state index contributed by atoms with van der Waals surface area (Å²) in [4.78, 5) is 2.45. The maximum Gasteiger partial charge on any atom is 0.0476 e. The molecule has 0 aliphatic carbocycles. The number of hydrogen-bond donors (Lipinski definition) is 0. The number of hydrogen-bond acceptors (Lipinski definition) is 1. The lowest BCUT2D eigenvalue weighted by Crippen LogP contribution is -1.94. The molecule has 1 nitrogen and oxygen atoms in total. The van der Waals surface area contributed by atoms with Crippen molar-refractivity contribution in [3.63, 3.8) is 0 Å². The number of benzene rings is 1. The Kier molecular flexibility index (Phi) is 2.93. The van der Waals surface area contributed by atoms with Crippen molar-refractivity contribution in [2.75, 3.05) is 13.1 Å². The van der Waals surface area contributed by atoms with Crippen LogP contribution >= 0.6 is 0 Å². The van der Waals surface area contributed by atoms with E-state index < -0.39 is 0 Å². The van der Waals surface area contributed by atoms with Crippen molar-refractivity contribution in [3.05, 3.63) is 35.9 Å². The Morgan fingerprint density at radius 2 is 2.00 bits per heavy atom. The van der Waals surface area contributed by atoms with Crippen molar-refractivity contribution in [1.29, 1.82) is 0 Å². The van der Waals surface area contributed by atoms with Crippen molar-refractivity contribution in [2.24, 2.45) is 0 Å². The van der Waals surface area contributed by atoms with Crippen LogP contribution in [0.15, 0.2) is 30.3 Å². The number of likely N-dealkylation sites (N-methyl/N-ethyl adjacent to an activating group) is 1. The van der Waals surface area contributed by atoms with Crippen molar-refractivity contribution >= 4 is 8.41 Å². The SMILES string of the molecule is CCN1CC1c1ccccc1.[B].